The Morgan fingerprint density at radius 1 is 1.59 bits per heavy atom. The maximum Gasteiger partial charge on any atom is 0.243 e. The Hall–Kier alpha value is -1.16. The van der Waals surface area contributed by atoms with Gasteiger partial charge in [0.1, 0.15) is 0 Å². The van der Waals surface area contributed by atoms with E-state index in [2.05, 4.69) is 15.9 Å². The average Bonchev–Trinajstić information content (AvgIpc) is 3.06. The highest BCUT2D eigenvalue weighted by Crippen LogP contribution is 2.36. The second-order valence-electron chi connectivity index (χ2n) is 4.50. The lowest BCUT2D eigenvalue weighted by atomic mass is 10.0. The van der Waals surface area contributed by atoms with Crippen LogP contribution in [-0.2, 0) is 6.42 Å². The second kappa shape index (κ2) is 5.00. The van der Waals surface area contributed by atoms with Crippen molar-refractivity contribution in [2.45, 2.75) is 26.2 Å². The van der Waals surface area contributed by atoms with Crippen LogP contribution in [0.5, 0.6) is 0 Å². The fourth-order valence-electron chi connectivity index (χ4n) is 1.81. The average molecular weight is 296 g/mol. The van der Waals surface area contributed by atoms with Crippen molar-refractivity contribution in [2.75, 3.05) is 0 Å². The molecular weight excluding hydrogens is 282 g/mol. The lowest BCUT2D eigenvalue weighted by molar-refractivity contribution is -0.422. The summed E-state index contributed by atoms with van der Waals surface area (Å²) in [6.45, 7) is 1.53. The molecule has 0 heterocycles. The first-order valence-electron chi connectivity index (χ1n) is 5.68. The van der Waals surface area contributed by atoms with E-state index in [1.807, 2.05) is 18.2 Å². The fraction of sp³-hybridized carbons (Fsp3) is 0.385. The van der Waals surface area contributed by atoms with E-state index in [1.54, 1.807) is 6.08 Å². The summed E-state index contributed by atoms with van der Waals surface area (Å²) in [6.07, 6.45) is 5.22. The van der Waals surface area contributed by atoms with Crippen LogP contribution in [0.4, 0.5) is 0 Å². The third-order valence-electron chi connectivity index (χ3n) is 3.00. The molecule has 0 aliphatic heterocycles. The molecule has 0 amide bonds. The Bertz CT molecular complexity index is 478. The lowest BCUT2D eigenvalue weighted by Crippen LogP contribution is -1.97. The molecule has 0 bridgehead atoms. The molecule has 4 heteroatoms. The van der Waals surface area contributed by atoms with Crippen molar-refractivity contribution in [3.63, 3.8) is 0 Å². The van der Waals surface area contributed by atoms with Gasteiger partial charge in [-0.05, 0) is 42.4 Å². The lowest BCUT2D eigenvalue weighted by Gasteiger charge is -2.07. The Morgan fingerprint density at radius 2 is 2.29 bits per heavy atom. The van der Waals surface area contributed by atoms with Crippen molar-refractivity contribution in [1.29, 1.82) is 0 Å². The minimum atomic E-state index is -0.345. The van der Waals surface area contributed by atoms with Gasteiger partial charge < -0.3 is 0 Å². The molecule has 0 saturated heterocycles. The van der Waals surface area contributed by atoms with Gasteiger partial charge >= 0.3 is 0 Å². The normalized spacial score (nSPS) is 16.0. The van der Waals surface area contributed by atoms with Gasteiger partial charge in [-0.1, -0.05) is 28.1 Å². The largest absolute Gasteiger partial charge is 0.259 e. The SMILES string of the molecule is C/C(=C\c1cccc(Br)c1CC1CC1)[N+](=O)[O-]. The summed E-state index contributed by atoms with van der Waals surface area (Å²) in [5.41, 5.74) is 2.33. The predicted molar refractivity (Wildman–Crippen MR) is 71.2 cm³/mol. The highest BCUT2D eigenvalue weighted by molar-refractivity contribution is 9.10. The molecule has 2 rings (SSSR count). The van der Waals surface area contributed by atoms with Crippen molar-refractivity contribution >= 4 is 22.0 Å². The molecule has 3 nitrogen and oxygen atoms in total. The molecule has 1 fully saturated rings. The first-order chi connectivity index (χ1) is 8.08. The summed E-state index contributed by atoms with van der Waals surface area (Å²) in [4.78, 5) is 10.3. The molecule has 0 spiro atoms. The zero-order valence-electron chi connectivity index (χ0n) is 9.65. The van der Waals surface area contributed by atoms with E-state index in [4.69, 9.17) is 0 Å². The van der Waals surface area contributed by atoms with Crippen LogP contribution in [0.3, 0.4) is 0 Å². The van der Waals surface area contributed by atoms with E-state index in [9.17, 15) is 10.1 Å². The molecule has 1 aromatic carbocycles. The minimum Gasteiger partial charge on any atom is -0.259 e. The highest BCUT2D eigenvalue weighted by atomic mass is 79.9. The molecule has 90 valence electrons. The first kappa shape index (κ1) is 12.3. The van der Waals surface area contributed by atoms with Gasteiger partial charge in [-0.2, -0.15) is 0 Å². The molecular formula is C13H14BrNO2. The number of benzene rings is 1. The standard InChI is InChI=1S/C13H14BrNO2/c1-9(15(16)17)7-11-3-2-4-13(14)12(11)8-10-5-6-10/h2-4,7,10H,5-6,8H2,1H3/b9-7+. The Morgan fingerprint density at radius 3 is 2.88 bits per heavy atom. The van der Waals surface area contributed by atoms with Crippen molar-refractivity contribution < 1.29 is 4.92 Å². The van der Waals surface area contributed by atoms with Crippen LogP contribution in [0, 0.1) is 16.0 Å². The van der Waals surface area contributed by atoms with Gasteiger partial charge in [0.15, 0.2) is 0 Å². The minimum absolute atomic E-state index is 0.181. The highest BCUT2D eigenvalue weighted by Gasteiger charge is 2.23. The summed E-state index contributed by atoms with van der Waals surface area (Å²) < 4.78 is 1.05. The summed E-state index contributed by atoms with van der Waals surface area (Å²) >= 11 is 3.53. The summed E-state index contributed by atoms with van der Waals surface area (Å²) in [5.74, 6) is 0.761. The number of rotatable bonds is 4. The topological polar surface area (TPSA) is 43.1 Å². The summed E-state index contributed by atoms with van der Waals surface area (Å²) in [5, 5.41) is 10.7. The summed E-state index contributed by atoms with van der Waals surface area (Å²) in [7, 11) is 0. The van der Waals surface area contributed by atoms with Gasteiger partial charge in [0, 0.05) is 17.5 Å². The van der Waals surface area contributed by atoms with Crippen LogP contribution < -0.4 is 0 Å². The predicted octanol–water partition coefficient (Wildman–Crippen LogP) is 4.04. The molecule has 1 aliphatic carbocycles. The van der Waals surface area contributed by atoms with Crippen LogP contribution in [0.15, 0.2) is 28.4 Å². The third-order valence-corrected chi connectivity index (χ3v) is 3.74. The fourth-order valence-corrected chi connectivity index (χ4v) is 2.36. The van der Waals surface area contributed by atoms with Gasteiger partial charge in [-0.15, -0.1) is 0 Å². The molecule has 1 aromatic rings. The molecule has 0 aromatic heterocycles. The van der Waals surface area contributed by atoms with Crippen LogP contribution in [0.2, 0.25) is 0 Å². The van der Waals surface area contributed by atoms with Crippen LogP contribution in [0.25, 0.3) is 6.08 Å². The zero-order chi connectivity index (χ0) is 12.4. The number of nitrogens with zero attached hydrogens (tertiary/aromatic N) is 1. The van der Waals surface area contributed by atoms with Crippen LogP contribution >= 0.6 is 15.9 Å². The van der Waals surface area contributed by atoms with Crippen molar-refractivity contribution in [3.05, 3.63) is 49.6 Å². The van der Waals surface area contributed by atoms with E-state index in [-0.39, 0.29) is 10.6 Å². The summed E-state index contributed by atoms with van der Waals surface area (Å²) in [6, 6.07) is 5.85. The first-order valence-corrected chi connectivity index (χ1v) is 6.47. The number of halogens is 1. The molecule has 1 saturated carbocycles. The van der Waals surface area contributed by atoms with E-state index in [1.165, 1.54) is 25.3 Å². The number of allylic oxidation sites excluding steroid dienone is 1. The second-order valence-corrected chi connectivity index (χ2v) is 5.35. The molecule has 1 aliphatic rings. The molecule has 0 radical (unpaired) electrons. The van der Waals surface area contributed by atoms with E-state index < -0.39 is 0 Å². The van der Waals surface area contributed by atoms with Gasteiger partial charge in [-0.3, -0.25) is 10.1 Å². The Balaban J connectivity index is 2.34. The molecule has 17 heavy (non-hydrogen) atoms. The van der Waals surface area contributed by atoms with Crippen LogP contribution in [0.1, 0.15) is 30.9 Å². The van der Waals surface area contributed by atoms with Gasteiger partial charge in [0.25, 0.3) is 0 Å². The van der Waals surface area contributed by atoms with Crippen molar-refractivity contribution in [1.82, 2.24) is 0 Å². The van der Waals surface area contributed by atoms with Gasteiger partial charge in [0.2, 0.25) is 5.70 Å². The molecule has 0 N–H and O–H groups in total. The number of hydrogen-bond donors (Lipinski definition) is 0. The van der Waals surface area contributed by atoms with Gasteiger partial charge in [0.05, 0.1) is 4.92 Å². The zero-order valence-corrected chi connectivity index (χ0v) is 11.2. The smallest absolute Gasteiger partial charge is 0.243 e. The van der Waals surface area contributed by atoms with E-state index in [0.29, 0.717) is 0 Å². The van der Waals surface area contributed by atoms with Crippen molar-refractivity contribution in [2.24, 2.45) is 5.92 Å². The van der Waals surface area contributed by atoms with E-state index >= 15 is 0 Å². The monoisotopic (exact) mass is 295 g/mol. The van der Waals surface area contributed by atoms with Crippen molar-refractivity contribution in [3.8, 4) is 0 Å². The van der Waals surface area contributed by atoms with Gasteiger partial charge in [-0.25, -0.2) is 0 Å². The maximum atomic E-state index is 10.7. The molecule has 0 unspecified atom stereocenters. The van der Waals surface area contributed by atoms with Crippen LogP contribution in [-0.4, -0.2) is 4.92 Å². The number of nitro groups is 1. The Labute approximate surface area is 109 Å². The quantitative estimate of drug-likeness (QED) is 0.621. The Kier molecular flexibility index (Phi) is 3.62. The molecule has 0 atom stereocenters. The third kappa shape index (κ3) is 3.16. The van der Waals surface area contributed by atoms with E-state index in [0.717, 1.165) is 22.4 Å². The number of hydrogen-bond acceptors (Lipinski definition) is 2. The maximum absolute atomic E-state index is 10.7.